The van der Waals surface area contributed by atoms with Crippen LogP contribution >= 0.6 is 0 Å². The van der Waals surface area contributed by atoms with Gasteiger partial charge < -0.3 is 10.5 Å². The number of ether oxygens (including phenoxy) is 1. The molecule has 0 aromatic heterocycles. The van der Waals surface area contributed by atoms with E-state index < -0.39 is 0 Å². The van der Waals surface area contributed by atoms with Crippen molar-refractivity contribution in [2.45, 2.75) is 37.6 Å². The Morgan fingerprint density at radius 3 is 2.61 bits per heavy atom. The summed E-state index contributed by atoms with van der Waals surface area (Å²) in [6.45, 7) is 0.820. The number of rotatable bonds is 1. The van der Waals surface area contributed by atoms with Gasteiger partial charge in [-0.1, -0.05) is 31.0 Å². The van der Waals surface area contributed by atoms with Gasteiger partial charge in [0.15, 0.2) is 0 Å². The van der Waals surface area contributed by atoms with Gasteiger partial charge in [0.25, 0.3) is 0 Å². The molecule has 0 saturated heterocycles. The maximum absolute atomic E-state index is 6.75. The first-order chi connectivity index (χ1) is 8.80. The number of fused-ring (bicyclic) bond motifs is 2. The summed E-state index contributed by atoms with van der Waals surface area (Å²) in [4.78, 5) is 0. The van der Waals surface area contributed by atoms with Crippen molar-refractivity contribution in [3.63, 3.8) is 0 Å². The monoisotopic (exact) mass is 243 g/mol. The van der Waals surface area contributed by atoms with Gasteiger partial charge in [0.05, 0.1) is 6.61 Å². The van der Waals surface area contributed by atoms with Gasteiger partial charge in [-0.2, -0.15) is 0 Å². The van der Waals surface area contributed by atoms with Crippen LogP contribution in [0.4, 0.5) is 0 Å². The van der Waals surface area contributed by atoms with Crippen molar-refractivity contribution in [1.29, 1.82) is 0 Å². The molecule has 18 heavy (non-hydrogen) atoms. The van der Waals surface area contributed by atoms with E-state index in [1.807, 2.05) is 6.07 Å². The summed E-state index contributed by atoms with van der Waals surface area (Å²) in [7, 11) is 0. The largest absolute Gasteiger partial charge is 0.493 e. The van der Waals surface area contributed by atoms with E-state index >= 15 is 0 Å². The fraction of sp³-hybridized carbons (Fsp3) is 0.625. The molecule has 1 heterocycles. The molecule has 1 aliphatic heterocycles. The van der Waals surface area contributed by atoms with Crippen molar-refractivity contribution in [3.8, 4) is 5.75 Å². The Kier molecular flexibility index (Phi) is 2.25. The van der Waals surface area contributed by atoms with E-state index in [0.29, 0.717) is 5.92 Å². The Balaban J connectivity index is 1.58. The third-order valence-corrected chi connectivity index (χ3v) is 5.53. The van der Waals surface area contributed by atoms with Gasteiger partial charge in [0, 0.05) is 11.5 Å². The molecule has 3 atom stereocenters. The highest BCUT2D eigenvalue weighted by Crippen LogP contribution is 2.61. The first-order valence-corrected chi connectivity index (χ1v) is 7.29. The molecule has 4 rings (SSSR count). The second kappa shape index (κ2) is 3.74. The molecule has 0 spiro atoms. The average Bonchev–Trinajstić information content (AvgIpc) is 3.06. The van der Waals surface area contributed by atoms with Gasteiger partial charge in [-0.15, -0.1) is 0 Å². The highest BCUT2D eigenvalue weighted by Gasteiger charge is 2.65. The maximum Gasteiger partial charge on any atom is 0.122 e. The van der Waals surface area contributed by atoms with Gasteiger partial charge in [-0.05, 0) is 42.7 Å². The van der Waals surface area contributed by atoms with Crippen molar-refractivity contribution in [2.24, 2.45) is 23.5 Å². The lowest BCUT2D eigenvalue weighted by atomic mass is 9.86. The van der Waals surface area contributed by atoms with E-state index in [0.717, 1.165) is 30.6 Å². The molecule has 2 saturated carbocycles. The van der Waals surface area contributed by atoms with Gasteiger partial charge in [0.1, 0.15) is 5.75 Å². The first kappa shape index (κ1) is 10.9. The third-order valence-electron chi connectivity index (χ3n) is 5.53. The Hall–Kier alpha value is -1.02. The molecule has 1 aromatic carbocycles. The molecular formula is C16H21NO. The van der Waals surface area contributed by atoms with Crippen molar-refractivity contribution in [3.05, 3.63) is 29.8 Å². The summed E-state index contributed by atoms with van der Waals surface area (Å²) in [5, 5.41) is 0. The standard InChI is InChI=1S/C16H21NO/c17-16(13-6-2-3-7-14(13)16)12-9-11-5-1-4-8-15(11)18-10-12/h1,4-5,8,12-14H,2-3,6-7,9-10,17H2. The molecule has 2 heteroatoms. The Labute approximate surface area is 109 Å². The van der Waals surface area contributed by atoms with Crippen molar-refractivity contribution in [2.75, 3.05) is 6.61 Å². The molecule has 2 N–H and O–H groups in total. The predicted molar refractivity (Wildman–Crippen MR) is 71.5 cm³/mol. The maximum atomic E-state index is 6.75. The van der Waals surface area contributed by atoms with Crippen LogP contribution in [0.1, 0.15) is 31.2 Å². The Morgan fingerprint density at radius 2 is 1.83 bits per heavy atom. The molecule has 2 fully saturated rings. The van der Waals surface area contributed by atoms with E-state index in [1.165, 1.54) is 31.2 Å². The molecule has 1 aromatic rings. The van der Waals surface area contributed by atoms with Gasteiger partial charge >= 0.3 is 0 Å². The fourth-order valence-corrected chi connectivity index (χ4v) is 4.47. The summed E-state index contributed by atoms with van der Waals surface area (Å²) in [6.07, 6.45) is 6.56. The van der Waals surface area contributed by atoms with E-state index in [-0.39, 0.29) is 5.54 Å². The summed E-state index contributed by atoms with van der Waals surface area (Å²) < 4.78 is 5.93. The Bertz CT molecular complexity index is 458. The number of benzene rings is 1. The van der Waals surface area contributed by atoms with Gasteiger partial charge in [-0.25, -0.2) is 0 Å². The second-order valence-corrected chi connectivity index (χ2v) is 6.32. The molecular weight excluding hydrogens is 222 g/mol. The normalized spacial score (nSPS) is 41.5. The molecule has 3 unspecified atom stereocenters. The minimum Gasteiger partial charge on any atom is -0.493 e. The highest BCUT2D eigenvalue weighted by molar-refractivity contribution is 5.37. The third kappa shape index (κ3) is 1.38. The van der Waals surface area contributed by atoms with E-state index in [4.69, 9.17) is 10.5 Å². The van der Waals surface area contributed by atoms with Crippen LogP contribution in [0.5, 0.6) is 5.75 Å². The van der Waals surface area contributed by atoms with Crippen molar-refractivity contribution >= 4 is 0 Å². The van der Waals surface area contributed by atoms with Crippen LogP contribution in [0.15, 0.2) is 24.3 Å². The molecule has 96 valence electrons. The lowest BCUT2D eigenvalue weighted by Gasteiger charge is -2.31. The highest BCUT2D eigenvalue weighted by atomic mass is 16.5. The lowest BCUT2D eigenvalue weighted by molar-refractivity contribution is 0.180. The zero-order chi connectivity index (χ0) is 12.2. The molecule has 0 amide bonds. The molecule has 3 aliphatic rings. The van der Waals surface area contributed by atoms with Crippen molar-refractivity contribution in [1.82, 2.24) is 0 Å². The topological polar surface area (TPSA) is 35.2 Å². The summed E-state index contributed by atoms with van der Waals surface area (Å²) in [5.41, 5.74) is 8.18. The summed E-state index contributed by atoms with van der Waals surface area (Å²) >= 11 is 0. The van der Waals surface area contributed by atoms with Gasteiger partial charge in [0.2, 0.25) is 0 Å². The van der Waals surface area contributed by atoms with Crippen LogP contribution < -0.4 is 10.5 Å². The van der Waals surface area contributed by atoms with Crippen LogP contribution in [0, 0.1) is 17.8 Å². The predicted octanol–water partition coefficient (Wildman–Crippen LogP) is 2.76. The quantitative estimate of drug-likeness (QED) is 0.823. The van der Waals surface area contributed by atoms with E-state index in [2.05, 4.69) is 18.2 Å². The van der Waals surface area contributed by atoms with Crippen LogP contribution in [0.3, 0.4) is 0 Å². The fourth-order valence-electron chi connectivity index (χ4n) is 4.47. The molecule has 2 nitrogen and oxygen atoms in total. The van der Waals surface area contributed by atoms with Crippen LogP contribution in [0.2, 0.25) is 0 Å². The molecule has 0 bridgehead atoms. The molecule has 2 aliphatic carbocycles. The zero-order valence-electron chi connectivity index (χ0n) is 10.8. The Morgan fingerprint density at radius 1 is 1.11 bits per heavy atom. The van der Waals surface area contributed by atoms with E-state index in [9.17, 15) is 0 Å². The smallest absolute Gasteiger partial charge is 0.122 e. The van der Waals surface area contributed by atoms with Crippen LogP contribution in [-0.2, 0) is 6.42 Å². The van der Waals surface area contributed by atoms with E-state index in [1.54, 1.807) is 0 Å². The summed E-state index contributed by atoms with van der Waals surface area (Å²) in [5.74, 6) is 3.16. The lowest BCUT2D eigenvalue weighted by Crippen LogP contribution is -2.42. The number of nitrogens with two attached hydrogens (primary N) is 1. The van der Waals surface area contributed by atoms with Gasteiger partial charge in [-0.3, -0.25) is 0 Å². The minimum absolute atomic E-state index is 0.0873. The minimum atomic E-state index is 0.0873. The first-order valence-electron chi connectivity index (χ1n) is 7.29. The zero-order valence-corrected chi connectivity index (χ0v) is 10.8. The number of hydrogen-bond acceptors (Lipinski definition) is 2. The average molecular weight is 243 g/mol. The van der Waals surface area contributed by atoms with Crippen LogP contribution in [0.25, 0.3) is 0 Å². The number of hydrogen-bond donors (Lipinski definition) is 1. The second-order valence-electron chi connectivity index (χ2n) is 6.32. The van der Waals surface area contributed by atoms with Crippen molar-refractivity contribution < 1.29 is 4.74 Å². The SMILES string of the molecule is NC1(C2COc3ccccc3C2)C2CCCCC21. The van der Waals surface area contributed by atoms with Crippen LogP contribution in [-0.4, -0.2) is 12.1 Å². The molecule has 0 radical (unpaired) electrons. The summed E-state index contributed by atoms with van der Waals surface area (Å²) in [6, 6.07) is 8.42. The number of para-hydroxylation sites is 1.